The van der Waals surface area contributed by atoms with Crippen LogP contribution in [0, 0.1) is 12.3 Å². The third-order valence-electron chi connectivity index (χ3n) is 4.47. The molecular formula is C27H40O11. The van der Waals surface area contributed by atoms with Gasteiger partial charge in [-0.15, -0.1) is 6.42 Å². The lowest BCUT2D eigenvalue weighted by Gasteiger charge is -2.08. The van der Waals surface area contributed by atoms with Crippen molar-refractivity contribution >= 4 is 11.8 Å². The Morgan fingerprint density at radius 2 is 0.868 bits per heavy atom. The number of terminal acetylenes is 1. The van der Waals surface area contributed by atoms with Crippen molar-refractivity contribution in [1.82, 2.24) is 0 Å². The van der Waals surface area contributed by atoms with Crippen LogP contribution in [0.3, 0.4) is 0 Å². The molecule has 0 atom stereocenters. The van der Waals surface area contributed by atoms with E-state index in [2.05, 4.69) is 5.92 Å². The van der Waals surface area contributed by atoms with Gasteiger partial charge in [0.05, 0.1) is 99.1 Å². The van der Waals surface area contributed by atoms with Crippen molar-refractivity contribution in [2.45, 2.75) is 0 Å². The lowest BCUT2D eigenvalue weighted by molar-refractivity contribution is -0.139. The third-order valence-corrected chi connectivity index (χ3v) is 4.47. The van der Waals surface area contributed by atoms with Gasteiger partial charge in [-0.05, 0) is 0 Å². The zero-order valence-corrected chi connectivity index (χ0v) is 22.0. The number of esters is 1. The summed E-state index contributed by atoms with van der Waals surface area (Å²) < 4.78 is 47.6. The van der Waals surface area contributed by atoms with E-state index >= 15 is 0 Å². The van der Waals surface area contributed by atoms with Crippen LogP contribution in [0.5, 0.6) is 0 Å². The summed E-state index contributed by atoms with van der Waals surface area (Å²) in [5.41, 5.74) is 0.297. The van der Waals surface area contributed by atoms with Crippen LogP contribution in [-0.4, -0.2) is 124 Å². The minimum Gasteiger partial charge on any atom is -0.457 e. The first kappa shape index (κ1) is 33.6. The molecule has 0 aliphatic heterocycles. The first-order chi connectivity index (χ1) is 18.8. The Morgan fingerprint density at radius 1 is 0.526 bits per heavy atom. The van der Waals surface area contributed by atoms with Gasteiger partial charge in [-0.25, -0.2) is 4.79 Å². The molecule has 0 saturated carbocycles. The van der Waals surface area contributed by atoms with Crippen LogP contribution in [0.15, 0.2) is 30.3 Å². The molecule has 0 spiro atoms. The maximum atomic E-state index is 11.8. The van der Waals surface area contributed by atoms with Crippen molar-refractivity contribution in [3.63, 3.8) is 0 Å². The van der Waals surface area contributed by atoms with Crippen LogP contribution in [0.25, 0.3) is 0 Å². The Balaban J connectivity index is 1.71. The van der Waals surface area contributed by atoms with Crippen molar-refractivity contribution in [1.29, 1.82) is 0 Å². The van der Waals surface area contributed by atoms with Crippen LogP contribution >= 0.6 is 0 Å². The van der Waals surface area contributed by atoms with Crippen molar-refractivity contribution in [3.8, 4) is 12.3 Å². The normalized spacial score (nSPS) is 10.8. The van der Waals surface area contributed by atoms with Crippen LogP contribution in [0.1, 0.15) is 10.4 Å². The first-order valence-corrected chi connectivity index (χ1v) is 12.6. The Bertz CT molecular complexity index is 736. The molecule has 0 heterocycles. The molecular weight excluding hydrogens is 500 g/mol. The number of hydrogen-bond donors (Lipinski definition) is 0. The summed E-state index contributed by atoms with van der Waals surface area (Å²) in [5.74, 6) is 0.816. The van der Waals surface area contributed by atoms with Gasteiger partial charge in [0.15, 0.2) is 0 Å². The van der Waals surface area contributed by atoms with Gasteiger partial charge in [0.2, 0.25) is 0 Å². The maximum absolute atomic E-state index is 11.8. The van der Waals surface area contributed by atoms with Crippen LogP contribution in [-0.2, 0) is 47.4 Å². The zero-order chi connectivity index (χ0) is 27.4. The average Bonchev–Trinajstić information content (AvgIpc) is 2.94. The molecule has 0 aromatic heterocycles. The fourth-order valence-corrected chi connectivity index (χ4v) is 2.64. The molecule has 11 heteroatoms. The number of rotatable bonds is 27. The topological polar surface area (TPSA) is 117 Å². The van der Waals surface area contributed by atoms with Crippen molar-refractivity contribution in [2.75, 3.05) is 112 Å². The maximum Gasteiger partial charge on any atom is 0.379 e. The highest BCUT2D eigenvalue weighted by Crippen LogP contribution is 2.01. The molecule has 1 aromatic rings. The number of carbonyl (C=O) groups excluding carboxylic acids is 2. The molecule has 1 rings (SSSR count). The van der Waals surface area contributed by atoms with E-state index in [0.717, 1.165) is 0 Å². The Hall–Kier alpha value is -2.40. The predicted octanol–water partition coefficient (Wildman–Crippen LogP) is 1.18. The van der Waals surface area contributed by atoms with Crippen molar-refractivity contribution in [3.05, 3.63) is 35.9 Å². The number of hydrogen-bond acceptors (Lipinski definition) is 11. The molecule has 0 unspecified atom stereocenters. The summed E-state index contributed by atoms with van der Waals surface area (Å²) >= 11 is 0. The molecule has 1 aromatic carbocycles. The molecule has 11 nitrogen and oxygen atoms in total. The minimum absolute atomic E-state index is 0.000314. The number of benzene rings is 1. The second-order valence-electron chi connectivity index (χ2n) is 7.37. The highest BCUT2D eigenvalue weighted by Gasteiger charge is 2.17. The van der Waals surface area contributed by atoms with Gasteiger partial charge in [-0.3, -0.25) is 4.79 Å². The summed E-state index contributed by atoms with van der Waals surface area (Å²) in [5, 5.41) is 0. The largest absolute Gasteiger partial charge is 0.457 e. The van der Waals surface area contributed by atoms with Gasteiger partial charge in [0.1, 0.15) is 13.2 Å². The molecule has 38 heavy (non-hydrogen) atoms. The van der Waals surface area contributed by atoms with Gasteiger partial charge in [-0.1, -0.05) is 36.3 Å². The molecule has 0 saturated heterocycles. The van der Waals surface area contributed by atoms with Crippen molar-refractivity contribution in [2.24, 2.45) is 0 Å². The monoisotopic (exact) mass is 540 g/mol. The minimum atomic E-state index is -0.896. The zero-order valence-electron chi connectivity index (χ0n) is 22.0. The Labute approximate surface area is 224 Å². The van der Waals surface area contributed by atoms with E-state index in [4.69, 9.17) is 49.1 Å². The fourth-order valence-electron chi connectivity index (χ4n) is 2.64. The highest BCUT2D eigenvalue weighted by molar-refractivity contribution is 6.40. The molecule has 0 fully saturated rings. The fraction of sp³-hybridized carbons (Fsp3) is 0.630. The number of Topliss-reactive ketones (excluding diaryl/α,β-unsaturated/α-hetero) is 1. The van der Waals surface area contributed by atoms with Gasteiger partial charge in [0.25, 0.3) is 5.78 Å². The second-order valence-corrected chi connectivity index (χ2v) is 7.37. The van der Waals surface area contributed by atoms with E-state index in [0.29, 0.717) is 105 Å². The Morgan fingerprint density at radius 3 is 1.24 bits per heavy atom. The molecule has 0 amide bonds. The molecule has 0 aliphatic rings. The van der Waals surface area contributed by atoms with Gasteiger partial charge in [0, 0.05) is 5.56 Å². The van der Waals surface area contributed by atoms with Crippen LogP contribution in [0.4, 0.5) is 0 Å². The van der Waals surface area contributed by atoms with Gasteiger partial charge < -0.3 is 42.6 Å². The van der Waals surface area contributed by atoms with Crippen LogP contribution in [0.2, 0.25) is 0 Å². The SMILES string of the molecule is C#CCOCCOCCOCCOCCOCCOCCOCCOCCOC(=O)C(=O)c1ccccc1. The van der Waals surface area contributed by atoms with E-state index in [1.165, 1.54) is 0 Å². The molecule has 0 N–H and O–H groups in total. The van der Waals surface area contributed by atoms with E-state index in [1.54, 1.807) is 30.3 Å². The van der Waals surface area contributed by atoms with E-state index in [1.807, 2.05) is 0 Å². The smallest absolute Gasteiger partial charge is 0.379 e. The van der Waals surface area contributed by atoms with Crippen molar-refractivity contribution < 1.29 is 52.2 Å². The molecule has 0 bridgehead atoms. The lowest BCUT2D eigenvalue weighted by Crippen LogP contribution is -2.20. The van der Waals surface area contributed by atoms with Gasteiger partial charge >= 0.3 is 5.97 Å². The standard InChI is InChI=1S/C27H40O11/c1-2-8-30-9-10-31-11-12-32-13-14-33-15-16-34-17-18-35-19-20-36-21-22-37-23-24-38-27(29)26(28)25-6-4-3-5-7-25/h1,3-7H,8-24H2. The van der Waals surface area contributed by atoms with Gasteiger partial charge in [-0.2, -0.15) is 0 Å². The number of carbonyl (C=O) groups is 2. The highest BCUT2D eigenvalue weighted by atomic mass is 16.6. The second kappa shape index (κ2) is 26.2. The summed E-state index contributed by atoms with van der Waals surface area (Å²) in [4.78, 5) is 23.5. The summed E-state index contributed by atoms with van der Waals surface area (Å²) in [6.45, 7) is 6.93. The average molecular weight is 541 g/mol. The molecule has 0 radical (unpaired) electrons. The quantitative estimate of drug-likeness (QED) is 0.0526. The lowest BCUT2D eigenvalue weighted by atomic mass is 10.1. The third kappa shape index (κ3) is 20.6. The first-order valence-electron chi connectivity index (χ1n) is 12.6. The van der Waals surface area contributed by atoms with E-state index in [9.17, 15) is 9.59 Å². The molecule has 0 aliphatic carbocycles. The summed E-state index contributed by atoms with van der Waals surface area (Å²) in [7, 11) is 0. The molecule has 214 valence electrons. The summed E-state index contributed by atoms with van der Waals surface area (Å²) in [6.07, 6.45) is 5.06. The van der Waals surface area contributed by atoms with E-state index < -0.39 is 11.8 Å². The summed E-state index contributed by atoms with van der Waals surface area (Å²) in [6, 6.07) is 8.25. The predicted molar refractivity (Wildman–Crippen MR) is 137 cm³/mol. The van der Waals surface area contributed by atoms with E-state index in [-0.39, 0.29) is 13.2 Å². The number of ether oxygens (including phenoxy) is 9. The van der Waals surface area contributed by atoms with Crippen LogP contribution < -0.4 is 0 Å². The number of ketones is 1. The Kier molecular flexibility index (Phi) is 23.2.